The van der Waals surface area contributed by atoms with Crippen LogP contribution in [0, 0.1) is 11.8 Å². The molecule has 10 heteroatoms. The molecule has 30 heavy (non-hydrogen) atoms. The Labute approximate surface area is 177 Å². The lowest BCUT2D eigenvalue weighted by molar-refractivity contribution is -0.137. The van der Waals surface area contributed by atoms with Crippen molar-refractivity contribution in [1.29, 1.82) is 0 Å². The first kappa shape index (κ1) is 24.6. The second-order valence-electron chi connectivity index (χ2n) is 7.18. The van der Waals surface area contributed by atoms with Gasteiger partial charge in [0.05, 0.1) is 17.0 Å². The molecule has 1 aromatic carbocycles. The molecule has 0 saturated carbocycles. The molecular weight excluding hydrogens is 438 g/mol. The number of hydrogen-bond donors (Lipinski definition) is 3. The van der Waals surface area contributed by atoms with E-state index in [1.165, 1.54) is 23.5 Å². The topological polar surface area (TPSA) is 92.8 Å². The van der Waals surface area contributed by atoms with E-state index in [1.807, 2.05) is 12.1 Å². The predicted molar refractivity (Wildman–Crippen MR) is 110 cm³/mol. The molecule has 1 aromatic heterocycles. The van der Waals surface area contributed by atoms with Gasteiger partial charge < -0.3 is 15.5 Å². The normalized spacial score (nSPS) is 14.1. The van der Waals surface area contributed by atoms with E-state index in [4.69, 9.17) is 15.5 Å². The van der Waals surface area contributed by atoms with Crippen LogP contribution in [0.5, 0.6) is 0 Å². The highest BCUT2D eigenvalue weighted by molar-refractivity contribution is 7.46. The van der Waals surface area contributed by atoms with E-state index in [-0.39, 0.29) is 6.61 Å². The number of phosphoric acid groups is 1. The van der Waals surface area contributed by atoms with Crippen LogP contribution in [-0.2, 0) is 28.1 Å². The molecule has 0 amide bonds. The van der Waals surface area contributed by atoms with Gasteiger partial charge in [0.15, 0.2) is 0 Å². The van der Waals surface area contributed by atoms with Gasteiger partial charge in [0.25, 0.3) is 0 Å². The van der Waals surface area contributed by atoms with Gasteiger partial charge in [0, 0.05) is 16.8 Å². The number of alkyl halides is 3. The average molecular weight is 461 g/mol. The Kier molecular flexibility index (Phi) is 8.28. The highest BCUT2D eigenvalue weighted by atomic mass is 32.1. The van der Waals surface area contributed by atoms with Gasteiger partial charge >= 0.3 is 14.0 Å². The molecule has 0 aliphatic heterocycles. The highest BCUT2D eigenvalue weighted by Crippen LogP contribution is 2.37. The van der Waals surface area contributed by atoms with Crippen molar-refractivity contribution in [2.45, 2.75) is 44.3 Å². The van der Waals surface area contributed by atoms with Gasteiger partial charge in [0.1, 0.15) is 0 Å². The highest BCUT2D eigenvalue weighted by Gasteiger charge is 2.29. The third-order valence-corrected chi connectivity index (χ3v) is 5.72. The molecule has 0 saturated heterocycles. The Morgan fingerprint density at radius 3 is 2.40 bits per heavy atom. The van der Waals surface area contributed by atoms with E-state index in [9.17, 15) is 17.7 Å². The molecule has 0 spiro atoms. The summed E-state index contributed by atoms with van der Waals surface area (Å²) in [7, 11) is -4.55. The van der Waals surface area contributed by atoms with E-state index in [2.05, 4.69) is 16.4 Å². The summed E-state index contributed by atoms with van der Waals surface area (Å²) in [6, 6.07) is 8.88. The summed E-state index contributed by atoms with van der Waals surface area (Å²) in [5.74, 6) is 6.07. The van der Waals surface area contributed by atoms with Gasteiger partial charge in [-0.15, -0.1) is 11.3 Å². The van der Waals surface area contributed by atoms with Crippen molar-refractivity contribution in [3.8, 4) is 11.8 Å². The van der Waals surface area contributed by atoms with Crippen LogP contribution in [0.4, 0.5) is 13.2 Å². The molecule has 1 heterocycles. The van der Waals surface area contributed by atoms with Crippen molar-refractivity contribution in [1.82, 2.24) is 0 Å². The fourth-order valence-electron chi connectivity index (χ4n) is 2.51. The first-order chi connectivity index (χ1) is 13.8. The SMILES string of the molecule is CC(N)(CCc1ccc(C#CCCc2ccc(C(F)(F)F)cc2)s1)COP(=O)(O)O. The Bertz CT molecular complexity index is 939. The van der Waals surface area contributed by atoms with Crippen LogP contribution in [0.3, 0.4) is 0 Å². The van der Waals surface area contributed by atoms with Crippen LogP contribution in [-0.4, -0.2) is 21.9 Å². The molecule has 0 radical (unpaired) electrons. The monoisotopic (exact) mass is 461 g/mol. The minimum absolute atomic E-state index is 0.251. The first-order valence-corrected chi connectivity index (χ1v) is 11.4. The molecular formula is C20H23F3NO4PS. The summed E-state index contributed by atoms with van der Waals surface area (Å²) < 4.78 is 52.9. The second kappa shape index (κ2) is 10.1. The third kappa shape index (κ3) is 9.00. The Morgan fingerprint density at radius 2 is 1.80 bits per heavy atom. The van der Waals surface area contributed by atoms with Gasteiger partial charge in [-0.2, -0.15) is 13.2 Å². The van der Waals surface area contributed by atoms with Gasteiger partial charge in [-0.05, 0) is 56.0 Å². The Balaban J connectivity index is 1.81. The van der Waals surface area contributed by atoms with E-state index in [0.717, 1.165) is 27.5 Å². The number of aryl methyl sites for hydroxylation is 2. The van der Waals surface area contributed by atoms with Crippen molar-refractivity contribution in [3.05, 3.63) is 57.3 Å². The van der Waals surface area contributed by atoms with Crippen LogP contribution < -0.4 is 5.73 Å². The summed E-state index contributed by atoms with van der Waals surface area (Å²) in [4.78, 5) is 19.4. The lowest BCUT2D eigenvalue weighted by atomic mass is 9.98. The molecule has 0 aliphatic carbocycles. The van der Waals surface area contributed by atoms with Gasteiger partial charge in [0.2, 0.25) is 0 Å². The Morgan fingerprint density at radius 1 is 1.13 bits per heavy atom. The number of rotatable bonds is 8. The van der Waals surface area contributed by atoms with E-state index in [0.29, 0.717) is 25.7 Å². The lowest BCUT2D eigenvalue weighted by Crippen LogP contribution is -2.41. The number of phosphoric ester groups is 1. The summed E-state index contributed by atoms with van der Waals surface area (Å²) in [6.45, 7) is 1.41. The largest absolute Gasteiger partial charge is 0.469 e. The van der Waals surface area contributed by atoms with Gasteiger partial charge in [-0.3, -0.25) is 4.52 Å². The number of thiophene rings is 1. The maximum absolute atomic E-state index is 12.6. The molecule has 164 valence electrons. The quantitative estimate of drug-likeness (QED) is 0.397. The standard InChI is InChI=1S/C20H23F3NO4PS/c1-19(24,14-28-29(25,26)27)13-12-18-11-10-17(30-18)5-3-2-4-15-6-8-16(9-7-15)20(21,22)23/h6-11H,2,4,12-14,24H2,1H3,(H2,25,26,27). The summed E-state index contributed by atoms with van der Waals surface area (Å²) in [6.07, 6.45) is -2.14. The maximum atomic E-state index is 12.6. The van der Waals surface area contributed by atoms with Crippen LogP contribution in [0.25, 0.3) is 0 Å². The molecule has 2 aromatic rings. The zero-order valence-electron chi connectivity index (χ0n) is 16.3. The molecule has 4 N–H and O–H groups in total. The van der Waals surface area contributed by atoms with Crippen LogP contribution in [0.1, 0.15) is 40.6 Å². The molecule has 2 rings (SSSR count). The molecule has 0 bridgehead atoms. The second-order valence-corrected chi connectivity index (χ2v) is 9.59. The van der Waals surface area contributed by atoms with Crippen molar-refractivity contribution in [2.75, 3.05) is 6.61 Å². The first-order valence-electron chi connectivity index (χ1n) is 9.07. The van der Waals surface area contributed by atoms with Crippen LogP contribution in [0.15, 0.2) is 36.4 Å². The predicted octanol–water partition coefficient (Wildman–Crippen LogP) is 4.51. The molecule has 0 fully saturated rings. The zero-order chi connectivity index (χ0) is 22.4. The minimum atomic E-state index is -4.55. The molecule has 1 atom stereocenters. The van der Waals surface area contributed by atoms with E-state index >= 15 is 0 Å². The van der Waals surface area contributed by atoms with Crippen LogP contribution in [0.2, 0.25) is 0 Å². The number of halogens is 3. The van der Waals surface area contributed by atoms with Crippen molar-refractivity contribution >= 4 is 19.2 Å². The third-order valence-electron chi connectivity index (χ3n) is 4.20. The molecule has 5 nitrogen and oxygen atoms in total. The van der Waals surface area contributed by atoms with E-state index < -0.39 is 25.1 Å². The van der Waals surface area contributed by atoms with E-state index in [1.54, 1.807) is 6.92 Å². The van der Waals surface area contributed by atoms with Crippen molar-refractivity contribution in [2.24, 2.45) is 5.73 Å². The summed E-state index contributed by atoms with van der Waals surface area (Å²) in [5, 5.41) is 0. The number of hydrogen-bond acceptors (Lipinski definition) is 4. The lowest BCUT2D eigenvalue weighted by Gasteiger charge is -2.24. The van der Waals surface area contributed by atoms with Crippen LogP contribution >= 0.6 is 19.2 Å². The maximum Gasteiger partial charge on any atom is 0.469 e. The molecule has 0 aliphatic rings. The number of nitrogens with two attached hydrogens (primary N) is 1. The minimum Gasteiger partial charge on any atom is -0.323 e. The Hall–Kier alpha value is -1.66. The zero-order valence-corrected chi connectivity index (χ0v) is 18.0. The summed E-state index contributed by atoms with van der Waals surface area (Å²) in [5.41, 5.74) is 5.27. The van der Waals surface area contributed by atoms with Gasteiger partial charge in [-0.1, -0.05) is 24.0 Å². The average Bonchev–Trinajstić information content (AvgIpc) is 3.09. The molecule has 1 unspecified atom stereocenters. The smallest absolute Gasteiger partial charge is 0.323 e. The van der Waals surface area contributed by atoms with Crippen molar-refractivity contribution in [3.63, 3.8) is 0 Å². The van der Waals surface area contributed by atoms with Gasteiger partial charge in [-0.25, -0.2) is 4.57 Å². The summed E-state index contributed by atoms with van der Waals surface area (Å²) >= 11 is 1.50. The number of benzene rings is 1. The van der Waals surface area contributed by atoms with Crippen molar-refractivity contribution < 1.29 is 32.0 Å². The fraction of sp³-hybridized carbons (Fsp3) is 0.400. The fourth-order valence-corrected chi connectivity index (χ4v) is 3.85.